The van der Waals surface area contributed by atoms with Crippen LogP contribution in [0.4, 0.5) is 8.78 Å². The molecule has 0 fully saturated rings. The molecule has 3 heterocycles. The highest BCUT2D eigenvalue weighted by Gasteiger charge is 2.20. The number of aryl methyl sites for hydroxylation is 2. The van der Waals surface area contributed by atoms with Gasteiger partial charge in [0.2, 0.25) is 0 Å². The van der Waals surface area contributed by atoms with E-state index in [2.05, 4.69) is 15.4 Å². The molecule has 0 saturated heterocycles. The summed E-state index contributed by atoms with van der Waals surface area (Å²) in [6, 6.07) is 8.23. The highest BCUT2D eigenvalue weighted by Crippen LogP contribution is 2.27. The topological polar surface area (TPSA) is 73.0 Å². The van der Waals surface area contributed by atoms with E-state index in [0.29, 0.717) is 39.3 Å². The zero-order valence-corrected chi connectivity index (χ0v) is 15.2. The van der Waals surface area contributed by atoms with E-state index in [4.69, 9.17) is 4.42 Å². The van der Waals surface area contributed by atoms with Crippen molar-refractivity contribution in [2.24, 2.45) is 7.05 Å². The molecule has 0 aliphatic rings. The van der Waals surface area contributed by atoms with Gasteiger partial charge >= 0.3 is 0 Å². The van der Waals surface area contributed by atoms with E-state index < -0.39 is 17.5 Å². The summed E-state index contributed by atoms with van der Waals surface area (Å²) in [4.78, 5) is 17.4. The quantitative estimate of drug-likeness (QED) is 0.584. The minimum absolute atomic E-state index is 0.0211. The largest absolute Gasteiger partial charge is 0.463 e. The van der Waals surface area contributed by atoms with E-state index in [1.54, 1.807) is 36.9 Å². The molecule has 1 aromatic carbocycles. The number of amides is 1. The summed E-state index contributed by atoms with van der Waals surface area (Å²) in [6.45, 7) is 1.77. The van der Waals surface area contributed by atoms with Crippen LogP contribution < -0.4 is 5.32 Å². The van der Waals surface area contributed by atoms with Gasteiger partial charge in [0, 0.05) is 19.7 Å². The SMILES string of the molecule is Cc1nn(C)c2nc(-c3ccco3)cc(C(=O)NCc3cc(F)cc(F)c3)c12. The van der Waals surface area contributed by atoms with Gasteiger partial charge in [0.05, 0.1) is 22.9 Å². The number of pyridine rings is 1. The number of nitrogens with one attached hydrogen (secondary N) is 1. The molecule has 0 bridgehead atoms. The van der Waals surface area contributed by atoms with Crippen LogP contribution in [0.15, 0.2) is 47.1 Å². The molecule has 142 valence electrons. The Morgan fingerprint density at radius 2 is 1.96 bits per heavy atom. The van der Waals surface area contributed by atoms with Crippen LogP contribution in [0.5, 0.6) is 0 Å². The highest BCUT2D eigenvalue weighted by atomic mass is 19.1. The number of benzene rings is 1. The number of hydrogen-bond donors (Lipinski definition) is 1. The lowest BCUT2D eigenvalue weighted by Crippen LogP contribution is -2.23. The summed E-state index contributed by atoms with van der Waals surface area (Å²) >= 11 is 0. The minimum atomic E-state index is -0.696. The van der Waals surface area contributed by atoms with Crippen molar-refractivity contribution in [3.05, 3.63) is 71.1 Å². The van der Waals surface area contributed by atoms with Crippen molar-refractivity contribution >= 4 is 16.9 Å². The number of fused-ring (bicyclic) bond motifs is 1. The summed E-state index contributed by atoms with van der Waals surface area (Å²) in [5.74, 6) is -1.28. The molecule has 1 N–H and O–H groups in total. The Morgan fingerprint density at radius 3 is 2.64 bits per heavy atom. The van der Waals surface area contributed by atoms with Gasteiger partial charge in [0.1, 0.15) is 17.3 Å². The van der Waals surface area contributed by atoms with E-state index >= 15 is 0 Å². The van der Waals surface area contributed by atoms with Crippen LogP contribution in [0.25, 0.3) is 22.5 Å². The molecule has 3 aromatic heterocycles. The lowest BCUT2D eigenvalue weighted by atomic mass is 10.1. The van der Waals surface area contributed by atoms with Crippen molar-refractivity contribution in [1.82, 2.24) is 20.1 Å². The van der Waals surface area contributed by atoms with Gasteiger partial charge in [-0.25, -0.2) is 13.8 Å². The van der Waals surface area contributed by atoms with Crippen LogP contribution >= 0.6 is 0 Å². The molecule has 0 aliphatic carbocycles. The van der Waals surface area contributed by atoms with Crippen LogP contribution in [0.2, 0.25) is 0 Å². The van der Waals surface area contributed by atoms with Crippen molar-refractivity contribution in [3.8, 4) is 11.5 Å². The Labute approximate surface area is 158 Å². The highest BCUT2D eigenvalue weighted by molar-refractivity contribution is 6.07. The van der Waals surface area contributed by atoms with Gasteiger partial charge < -0.3 is 9.73 Å². The smallest absolute Gasteiger partial charge is 0.252 e. The summed E-state index contributed by atoms with van der Waals surface area (Å²) in [5, 5.41) is 7.66. The monoisotopic (exact) mass is 382 g/mol. The van der Waals surface area contributed by atoms with Crippen molar-refractivity contribution in [1.29, 1.82) is 0 Å². The van der Waals surface area contributed by atoms with E-state index in [1.807, 2.05) is 0 Å². The third kappa shape index (κ3) is 3.24. The van der Waals surface area contributed by atoms with Crippen LogP contribution in [0, 0.1) is 18.6 Å². The second-order valence-corrected chi connectivity index (χ2v) is 6.40. The average Bonchev–Trinajstić information content (AvgIpc) is 3.27. The molecule has 0 saturated carbocycles. The van der Waals surface area contributed by atoms with E-state index in [0.717, 1.165) is 6.07 Å². The zero-order chi connectivity index (χ0) is 19.8. The fourth-order valence-corrected chi connectivity index (χ4v) is 3.17. The first kappa shape index (κ1) is 17.8. The summed E-state index contributed by atoms with van der Waals surface area (Å²) in [5.41, 5.74) is 2.36. The van der Waals surface area contributed by atoms with Crippen LogP contribution in [0.1, 0.15) is 21.6 Å². The fourth-order valence-electron chi connectivity index (χ4n) is 3.17. The van der Waals surface area contributed by atoms with E-state index in [1.165, 1.54) is 18.4 Å². The lowest BCUT2D eigenvalue weighted by molar-refractivity contribution is 0.0952. The van der Waals surface area contributed by atoms with Gasteiger partial charge in [-0.3, -0.25) is 9.48 Å². The fraction of sp³-hybridized carbons (Fsp3) is 0.150. The number of rotatable bonds is 4. The third-order valence-electron chi connectivity index (χ3n) is 4.36. The molecule has 8 heteroatoms. The second-order valence-electron chi connectivity index (χ2n) is 6.40. The molecule has 28 heavy (non-hydrogen) atoms. The number of carbonyl (C=O) groups is 1. The zero-order valence-electron chi connectivity index (χ0n) is 15.2. The summed E-state index contributed by atoms with van der Waals surface area (Å²) in [7, 11) is 1.74. The summed E-state index contributed by atoms with van der Waals surface area (Å²) in [6.07, 6.45) is 1.52. The van der Waals surface area contributed by atoms with Gasteiger partial charge in [-0.15, -0.1) is 0 Å². The molecule has 4 aromatic rings. The molecule has 0 atom stereocenters. The van der Waals surface area contributed by atoms with Crippen LogP contribution in [-0.2, 0) is 13.6 Å². The predicted molar refractivity (Wildman–Crippen MR) is 98.5 cm³/mol. The first-order valence-corrected chi connectivity index (χ1v) is 8.54. The maximum absolute atomic E-state index is 13.4. The number of nitrogens with zero attached hydrogens (tertiary/aromatic N) is 3. The van der Waals surface area contributed by atoms with E-state index in [-0.39, 0.29) is 6.54 Å². The Hall–Kier alpha value is -3.55. The molecule has 1 amide bonds. The first-order valence-electron chi connectivity index (χ1n) is 8.54. The van der Waals surface area contributed by atoms with Gasteiger partial charge in [0.15, 0.2) is 11.4 Å². The third-order valence-corrected chi connectivity index (χ3v) is 4.36. The van der Waals surface area contributed by atoms with Gasteiger partial charge in [-0.1, -0.05) is 0 Å². The molecular weight excluding hydrogens is 366 g/mol. The maximum Gasteiger partial charge on any atom is 0.252 e. The Kier molecular flexibility index (Phi) is 4.38. The Balaban J connectivity index is 1.73. The minimum Gasteiger partial charge on any atom is -0.463 e. The summed E-state index contributed by atoms with van der Waals surface area (Å²) < 4.78 is 33.7. The second kappa shape index (κ2) is 6.88. The number of halogens is 2. The van der Waals surface area contributed by atoms with E-state index in [9.17, 15) is 13.6 Å². The predicted octanol–water partition coefficient (Wildman–Crippen LogP) is 3.74. The maximum atomic E-state index is 13.4. The van der Waals surface area contributed by atoms with Crippen molar-refractivity contribution in [2.75, 3.05) is 0 Å². The number of aromatic nitrogens is 3. The Bertz CT molecular complexity index is 1160. The lowest BCUT2D eigenvalue weighted by Gasteiger charge is -2.09. The van der Waals surface area contributed by atoms with Crippen LogP contribution in [0.3, 0.4) is 0 Å². The molecule has 0 unspecified atom stereocenters. The molecule has 6 nitrogen and oxygen atoms in total. The number of hydrogen-bond acceptors (Lipinski definition) is 4. The first-order chi connectivity index (χ1) is 13.4. The van der Waals surface area contributed by atoms with Crippen LogP contribution in [-0.4, -0.2) is 20.7 Å². The molecular formula is C20H16F2N4O2. The van der Waals surface area contributed by atoms with Crippen molar-refractivity contribution in [3.63, 3.8) is 0 Å². The van der Waals surface area contributed by atoms with Crippen molar-refractivity contribution in [2.45, 2.75) is 13.5 Å². The van der Waals surface area contributed by atoms with Crippen molar-refractivity contribution < 1.29 is 18.0 Å². The standard InChI is InChI=1S/C20H16F2N4O2/c1-11-18-15(20(27)23-10-12-6-13(21)8-14(22)7-12)9-16(17-4-3-5-28-17)24-19(18)26(2)25-11/h3-9H,10H2,1-2H3,(H,23,27). The number of furan rings is 1. The van der Waals surface area contributed by atoms with Gasteiger partial charge in [0.25, 0.3) is 5.91 Å². The number of carbonyl (C=O) groups excluding carboxylic acids is 1. The van der Waals surface area contributed by atoms with Gasteiger partial charge in [-0.05, 0) is 42.8 Å². The normalized spacial score (nSPS) is 11.1. The molecule has 0 radical (unpaired) electrons. The molecule has 4 rings (SSSR count). The Morgan fingerprint density at radius 1 is 1.21 bits per heavy atom. The average molecular weight is 382 g/mol. The molecule has 0 aliphatic heterocycles. The molecule has 0 spiro atoms. The van der Waals surface area contributed by atoms with Gasteiger partial charge in [-0.2, -0.15) is 5.10 Å².